The Balaban J connectivity index is 1.65. The first-order valence-electron chi connectivity index (χ1n) is 7.65. The maximum Gasteiger partial charge on any atom is 0.223 e. The van der Waals surface area contributed by atoms with Crippen molar-refractivity contribution in [3.8, 4) is 0 Å². The maximum atomic E-state index is 12.7. The highest BCUT2D eigenvalue weighted by Crippen LogP contribution is 2.36. The molecule has 1 atom stereocenters. The van der Waals surface area contributed by atoms with E-state index in [2.05, 4.69) is 21.7 Å². The van der Waals surface area contributed by atoms with Gasteiger partial charge in [-0.25, -0.2) is 4.98 Å². The summed E-state index contributed by atoms with van der Waals surface area (Å²) in [6.45, 7) is 1.42. The molecule has 1 aliphatic carbocycles. The Hall–Kier alpha value is -2.10. The van der Waals surface area contributed by atoms with Gasteiger partial charge in [0.15, 0.2) is 0 Å². The minimum absolute atomic E-state index is 0.124. The number of nitrogens with zero attached hydrogens (tertiary/aromatic N) is 3. The van der Waals surface area contributed by atoms with Crippen LogP contribution in [-0.2, 0) is 17.9 Å². The molecule has 108 valence electrons. The molecule has 1 aromatic heterocycles. The van der Waals surface area contributed by atoms with Gasteiger partial charge in [-0.2, -0.15) is 0 Å². The lowest BCUT2D eigenvalue weighted by molar-refractivity contribution is -0.136. The molecule has 0 radical (unpaired) electrons. The molecule has 2 aromatic rings. The van der Waals surface area contributed by atoms with Gasteiger partial charge in [0.1, 0.15) is 5.82 Å². The standard InChI is InChI=1S/C17H19N3O/c21-17(10-13-6-7-13)20-12-16-18-8-9-19(16)11-15(20)14-4-2-1-3-5-14/h1-5,8-9,13,15H,6-7,10-12H2/t15-/m1/s1. The van der Waals surface area contributed by atoms with Crippen molar-refractivity contribution in [2.24, 2.45) is 5.92 Å². The van der Waals surface area contributed by atoms with E-state index in [-0.39, 0.29) is 11.9 Å². The largest absolute Gasteiger partial charge is 0.331 e. The number of carbonyl (C=O) groups excluding carboxylic acids is 1. The Morgan fingerprint density at radius 3 is 2.81 bits per heavy atom. The van der Waals surface area contributed by atoms with Gasteiger partial charge in [-0.05, 0) is 24.3 Å². The van der Waals surface area contributed by atoms with Gasteiger partial charge >= 0.3 is 0 Å². The smallest absolute Gasteiger partial charge is 0.223 e. The molecule has 0 unspecified atom stereocenters. The van der Waals surface area contributed by atoms with Gasteiger partial charge in [-0.15, -0.1) is 0 Å². The molecule has 21 heavy (non-hydrogen) atoms. The van der Waals surface area contributed by atoms with Gasteiger partial charge in [0, 0.05) is 25.4 Å². The fourth-order valence-corrected chi connectivity index (χ4v) is 3.11. The molecule has 1 aromatic carbocycles. The van der Waals surface area contributed by atoms with E-state index in [4.69, 9.17) is 0 Å². The molecule has 1 amide bonds. The van der Waals surface area contributed by atoms with Crippen LogP contribution in [0, 0.1) is 5.92 Å². The molecule has 0 spiro atoms. The third-order valence-corrected chi connectivity index (χ3v) is 4.52. The number of aromatic nitrogens is 2. The lowest BCUT2D eigenvalue weighted by atomic mass is 10.0. The molecular formula is C17H19N3O. The number of fused-ring (bicyclic) bond motifs is 1. The number of amides is 1. The number of rotatable bonds is 3. The predicted molar refractivity (Wildman–Crippen MR) is 79.3 cm³/mol. The summed E-state index contributed by atoms with van der Waals surface area (Å²) in [4.78, 5) is 19.1. The fraction of sp³-hybridized carbons (Fsp3) is 0.412. The Labute approximate surface area is 124 Å². The summed E-state index contributed by atoms with van der Waals surface area (Å²) in [5.74, 6) is 1.89. The van der Waals surface area contributed by atoms with Crippen LogP contribution in [0.15, 0.2) is 42.7 Å². The first-order valence-corrected chi connectivity index (χ1v) is 7.65. The van der Waals surface area contributed by atoms with E-state index < -0.39 is 0 Å². The van der Waals surface area contributed by atoms with Crippen LogP contribution in [0.25, 0.3) is 0 Å². The highest BCUT2D eigenvalue weighted by atomic mass is 16.2. The maximum absolute atomic E-state index is 12.7. The molecule has 1 aliphatic heterocycles. The van der Waals surface area contributed by atoms with E-state index >= 15 is 0 Å². The van der Waals surface area contributed by atoms with Gasteiger partial charge < -0.3 is 9.47 Å². The van der Waals surface area contributed by atoms with Crippen LogP contribution in [0.5, 0.6) is 0 Å². The molecule has 1 saturated carbocycles. The van der Waals surface area contributed by atoms with Gasteiger partial charge in [-0.3, -0.25) is 4.79 Å². The zero-order valence-corrected chi connectivity index (χ0v) is 12.0. The van der Waals surface area contributed by atoms with Gasteiger partial charge in [-0.1, -0.05) is 30.3 Å². The first-order chi connectivity index (χ1) is 10.3. The minimum Gasteiger partial charge on any atom is -0.331 e. The van der Waals surface area contributed by atoms with Crippen LogP contribution in [0.1, 0.15) is 36.7 Å². The van der Waals surface area contributed by atoms with Crippen molar-refractivity contribution in [3.63, 3.8) is 0 Å². The zero-order chi connectivity index (χ0) is 14.2. The highest BCUT2D eigenvalue weighted by Gasteiger charge is 2.34. The molecule has 0 saturated heterocycles. The summed E-state index contributed by atoms with van der Waals surface area (Å²) >= 11 is 0. The van der Waals surface area contributed by atoms with Crippen molar-refractivity contribution in [1.29, 1.82) is 0 Å². The van der Waals surface area contributed by atoms with E-state index in [0.29, 0.717) is 18.9 Å². The second-order valence-corrected chi connectivity index (χ2v) is 6.09. The van der Waals surface area contributed by atoms with E-state index in [1.807, 2.05) is 35.5 Å². The van der Waals surface area contributed by atoms with Crippen LogP contribution in [0.3, 0.4) is 0 Å². The molecule has 0 bridgehead atoms. The van der Waals surface area contributed by atoms with E-state index in [9.17, 15) is 4.79 Å². The van der Waals surface area contributed by atoms with Crippen LogP contribution in [0.2, 0.25) is 0 Å². The molecule has 4 heteroatoms. The Bertz CT molecular complexity index is 645. The number of imidazole rings is 1. The number of hydrogen-bond acceptors (Lipinski definition) is 2. The van der Waals surface area contributed by atoms with Crippen molar-refractivity contribution in [3.05, 3.63) is 54.1 Å². The molecule has 2 aliphatic rings. The topological polar surface area (TPSA) is 38.1 Å². The SMILES string of the molecule is O=C(CC1CC1)N1Cc2nccn2C[C@@H]1c1ccccc1. The summed E-state index contributed by atoms with van der Waals surface area (Å²) in [6.07, 6.45) is 6.96. The van der Waals surface area contributed by atoms with E-state index in [1.54, 1.807) is 0 Å². The molecule has 4 rings (SSSR count). The average molecular weight is 281 g/mol. The van der Waals surface area contributed by atoms with Crippen molar-refractivity contribution in [1.82, 2.24) is 14.5 Å². The first kappa shape index (κ1) is 12.6. The fourth-order valence-electron chi connectivity index (χ4n) is 3.11. The van der Waals surface area contributed by atoms with Crippen molar-refractivity contribution in [2.75, 3.05) is 0 Å². The van der Waals surface area contributed by atoms with Gasteiger partial charge in [0.25, 0.3) is 0 Å². The van der Waals surface area contributed by atoms with Gasteiger partial charge in [0.2, 0.25) is 5.91 Å². The Morgan fingerprint density at radius 1 is 1.24 bits per heavy atom. The molecule has 0 N–H and O–H groups in total. The Kier molecular flexibility index (Phi) is 3.02. The number of carbonyl (C=O) groups is 1. The number of benzene rings is 1. The van der Waals surface area contributed by atoms with Crippen molar-refractivity contribution in [2.45, 2.75) is 38.4 Å². The zero-order valence-electron chi connectivity index (χ0n) is 12.0. The van der Waals surface area contributed by atoms with Crippen molar-refractivity contribution >= 4 is 5.91 Å². The molecule has 4 nitrogen and oxygen atoms in total. The predicted octanol–water partition coefficient (Wildman–Crippen LogP) is 2.77. The summed E-state index contributed by atoms with van der Waals surface area (Å²) < 4.78 is 2.17. The lowest BCUT2D eigenvalue weighted by Gasteiger charge is -2.36. The molecular weight excluding hydrogens is 262 g/mol. The van der Waals surface area contributed by atoms with Crippen LogP contribution in [-0.4, -0.2) is 20.4 Å². The minimum atomic E-state index is 0.124. The molecule has 1 fully saturated rings. The van der Waals surface area contributed by atoms with Crippen LogP contribution < -0.4 is 0 Å². The van der Waals surface area contributed by atoms with E-state index in [0.717, 1.165) is 12.4 Å². The van der Waals surface area contributed by atoms with Crippen LogP contribution >= 0.6 is 0 Å². The third kappa shape index (κ3) is 2.46. The summed E-state index contributed by atoms with van der Waals surface area (Å²) in [5.41, 5.74) is 1.21. The summed E-state index contributed by atoms with van der Waals surface area (Å²) in [5, 5.41) is 0. The number of hydrogen-bond donors (Lipinski definition) is 0. The third-order valence-electron chi connectivity index (χ3n) is 4.52. The summed E-state index contributed by atoms with van der Waals surface area (Å²) in [7, 11) is 0. The Morgan fingerprint density at radius 2 is 2.05 bits per heavy atom. The second kappa shape index (κ2) is 5.02. The van der Waals surface area contributed by atoms with E-state index in [1.165, 1.54) is 18.4 Å². The normalized spacial score (nSPS) is 21.1. The highest BCUT2D eigenvalue weighted by molar-refractivity contribution is 5.77. The monoisotopic (exact) mass is 281 g/mol. The van der Waals surface area contributed by atoms with Crippen LogP contribution in [0.4, 0.5) is 0 Å². The molecule has 2 heterocycles. The average Bonchev–Trinajstić information content (AvgIpc) is 3.21. The lowest BCUT2D eigenvalue weighted by Crippen LogP contribution is -2.41. The second-order valence-electron chi connectivity index (χ2n) is 6.09. The van der Waals surface area contributed by atoms with Gasteiger partial charge in [0.05, 0.1) is 12.6 Å². The quantitative estimate of drug-likeness (QED) is 0.867. The van der Waals surface area contributed by atoms with Crippen molar-refractivity contribution < 1.29 is 4.79 Å². The summed E-state index contributed by atoms with van der Waals surface area (Å²) in [6, 6.07) is 10.5.